The van der Waals surface area contributed by atoms with Gasteiger partial charge in [-0.2, -0.15) is 4.98 Å². The number of carbonyl (C=O) groups excluding carboxylic acids is 1. The molecule has 0 aliphatic carbocycles. The van der Waals surface area contributed by atoms with Crippen molar-refractivity contribution >= 4 is 11.8 Å². The highest BCUT2D eigenvalue weighted by atomic mass is 16.5. The smallest absolute Gasteiger partial charge is 0.351 e. The summed E-state index contributed by atoms with van der Waals surface area (Å²) in [6.45, 7) is 7.03. The second-order valence-corrected chi connectivity index (χ2v) is 9.24. The number of hydrogen-bond acceptors (Lipinski definition) is 7. The van der Waals surface area contributed by atoms with Crippen LogP contribution in [0.5, 0.6) is 0 Å². The Kier molecular flexibility index (Phi) is 6.21. The van der Waals surface area contributed by atoms with Gasteiger partial charge in [0.2, 0.25) is 0 Å². The Hall–Kier alpha value is -2.05. The molecule has 167 valence electrons. The van der Waals surface area contributed by atoms with Gasteiger partial charge in [0.15, 0.2) is 0 Å². The molecule has 0 saturated carbocycles. The predicted octanol–water partition coefficient (Wildman–Crippen LogP) is 0.373. The highest BCUT2D eigenvalue weighted by Gasteiger charge is 2.46. The molecule has 0 unspecified atom stereocenters. The lowest BCUT2D eigenvalue weighted by Crippen LogP contribution is -2.62. The lowest BCUT2D eigenvalue weighted by Gasteiger charge is -2.49. The maximum absolute atomic E-state index is 12.4. The number of aromatic nitrogens is 2. The largest absolute Gasteiger partial charge is 0.394 e. The summed E-state index contributed by atoms with van der Waals surface area (Å²) in [7, 11) is 0. The molecule has 11 nitrogen and oxygen atoms in total. The van der Waals surface area contributed by atoms with Gasteiger partial charge in [-0.15, -0.1) is 10.3 Å². The number of urea groups is 1. The second kappa shape index (κ2) is 8.23. The van der Waals surface area contributed by atoms with Crippen LogP contribution in [-0.2, 0) is 9.94 Å². The van der Waals surface area contributed by atoms with Crippen LogP contribution in [0.15, 0.2) is 17.1 Å². The zero-order valence-electron chi connectivity index (χ0n) is 17.7. The minimum absolute atomic E-state index is 0.0748. The standard InChI is InChI=1S/C19H30N5O6/c1-18(2)8-11(9-19(3,4)24(18)29)20-16(27)21-14-5-6-23(17(28)22-14)15-7-12(26)13(10-25)30-15/h5-6,11-13,15,25-26H,7-10H2,1-4H3,(H2,20,21,22,27,28)/t12-,13+,15+/m0/s1. The van der Waals surface area contributed by atoms with E-state index in [1.54, 1.807) is 0 Å². The number of aliphatic hydroxyl groups excluding tert-OH is 2. The highest BCUT2D eigenvalue weighted by molar-refractivity contribution is 5.88. The van der Waals surface area contributed by atoms with Crippen LogP contribution in [0.1, 0.15) is 53.2 Å². The van der Waals surface area contributed by atoms with Crippen molar-refractivity contribution in [3.8, 4) is 0 Å². The van der Waals surface area contributed by atoms with E-state index in [1.807, 2.05) is 27.7 Å². The molecule has 0 aromatic carbocycles. The summed E-state index contributed by atoms with van der Waals surface area (Å²) in [6, 6.07) is 0.741. The number of nitrogens with one attached hydrogen (secondary N) is 2. The Labute approximate surface area is 174 Å². The van der Waals surface area contributed by atoms with E-state index in [-0.39, 0.29) is 24.9 Å². The van der Waals surface area contributed by atoms with E-state index in [0.717, 1.165) is 5.06 Å². The van der Waals surface area contributed by atoms with Crippen molar-refractivity contribution in [3.05, 3.63) is 22.7 Å². The number of carbonyl (C=O) groups is 1. The van der Waals surface area contributed by atoms with E-state index >= 15 is 0 Å². The molecule has 30 heavy (non-hydrogen) atoms. The minimum atomic E-state index is -0.871. The fourth-order valence-electron chi connectivity index (χ4n) is 4.45. The molecule has 3 atom stereocenters. The molecule has 11 heteroatoms. The average Bonchev–Trinajstić information content (AvgIpc) is 2.99. The maximum atomic E-state index is 12.4. The molecule has 3 rings (SSSR count). The van der Waals surface area contributed by atoms with Crippen LogP contribution in [0, 0.1) is 0 Å². The first-order chi connectivity index (χ1) is 13.9. The summed E-state index contributed by atoms with van der Waals surface area (Å²) >= 11 is 0. The van der Waals surface area contributed by atoms with E-state index in [0.29, 0.717) is 12.8 Å². The molecule has 2 fully saturated rings. The normalized spacial score (nSPS) is 29.0. The van der Waals surface area contributed by atoms with Crippen molar-refractivity contribution in [2.45, 2.75) is 82.5 Å². The maximum Gasteiger partial charge on any atom is 0.351 e. The fourth-order valence-corrected chi connectivity index (χ4v) is 4.45. The molecule has 2 amide bonds. The van der Waals surface area contributed by atoms with Crippen LogP contribution in [0.4, 0.5) is 10.6 Å². The Morgan fingerprint density at radius 1 is 1.30 bits per heavy atom. The van der Waals surface area contributed by atoms with Gasteiger partial charge in [-0.25, -0.2) is 9.59 Å². The number of hydrogen-bond donors (Lipinski definition) is 4. The van der Waals surface area contributed by atoms with Crippen LogP contribution < -0.4 is 16.3 Å². The lowest BCUT2D eigenvalue weighted by atomic mass is 9.79. The topological polar surface area (TPSA) is 149 Å². The highest BCUT2D eigenvalue weighted by Crippen LogP contribution is 2.37. The Morgan fingerprint density at radius 2 is 1.93 bits per heavy atom. The number of amides is 2. The summed E-state index contributed by atoms with van der Waals surface area (Å²) < 4.78 is 6.66. The SMILES string of the molecule is CC1(C)CC(NC(=O)Nc2ccn([C@H]3C[C@H](O)[C@@H](CO)O3)c(=O)n2)CC(C)(C)N1[O]. The Bertz CT molecular complexity index is 823. The van der Waals surface area contributed by atoms with Gasteiger partial charge >= 0.3 is 11.7 Å². The van der Waals surface area contributed by atoms with Gasteiger partial charge in [0.05, 0.1) is 12.7 Å². The summed E-state index contributed by atoms with van der Waals surface area (Å²) in [6.07, 6.45) is 0.213. The third kappa shape index (κ3) is 4.65. The molecular weight excluding hydrogens is 394 g/mol. The molecule has 3 heterocycles. The van der Waals surface area contributed by atoms with E-state index in [1.165, 1.54) is 16.8 Å². The van der Waals surface area contributed by atoms with E-state index in [2.05, 4.69) is 15.6 Å². The van der Waals surface area contributed by atoms with Crippen molar-refractivity contribution in [1.82, 2.24) is 19.9 Å². The van der Waals surface area contributed by atoms with Crippen molar-refractivity contribution in [3.63, 3.8) is 0 Å². The van der Waals surface area contributed by atoms with E-state index < -0.39 is 41.2 Å². The van der Waals surface area contributed by atoms with E-state index in [4.69, 9.17) is 9.84 Å². The summed E-state index contributed by atoms with van der Waals surface area (Å²) in [5.74, 6) is 0.0748. The number of nitrogens with zero attached hydrogens (tertiary/aromatic N) is 3. The zero-order valence-corrected chi connectivity index (χ0v) is 17.7. The van der Waals surface area contributed by atoms with E-state index in [9.17, 15) is 19.9 Å². The van der Waals surface area contributed by atoms with Gasteiger partial charge in [0, 0.05) is 29.7 Å². The van der Waals surface area contributed by atoms with Crippen molar-refractivity contribution in [2.75, 3.05) is 11.9 Å². The van der Waals surface area contributed by atoms with Crippen LogP contribution in [0.3, 0.4) is 0 Å². The molecule has 2 aliphatic rings. The van der Waals surface area contributed by atoms with Gasteiger partial charge in [0.1, 0.15) is 18.1 Å². The van der Waals surface area contributed by atoms with Gasteiger partial charge in [-0.3, -0.25) is 9.88 Å². The summed E-state index contributed by atoms with van der Waals surface area (Å²) in [4.78, 5) is 28.6. The lowest BCUT2D eigenvalue weighted by molar-refractivity contribution is -0.289. The van der Waals surface area contributed by atoms with Crippen LogP contribution >= 0.6 is 0 Å². The first kappa shape index (κ1) is 22.6. The van der Waals surface area contributed by atoms with Crippen molar-refractivity contribution in [1.29, 1.82) is 0 Å². The Morgan fingerprint density at radius 3 is 2.47 bits per heavy atom. The summed E-state index contributed by atoms with van der Waals surface area (Å²) in [5.41, 5.74) is -1.88. The molecule has 0 bridgehead atoms. The fraction of sp³-hybridized carbons (Fsp3) is 0.737. The van der Waals surface area contributed by atoms with Crippen LogP contribution in [0.2, 0.25) is 0 Å². The molecule has 1 aromatic heterocycles. The van der Waals surface area contributed by atoms with Crippen molar-refractivity contribution in [2.24, 2.45) is 0 Å². The number of piperidine rings is 1. The molecule has 1 aromatic rings. The monoisotopic (exact) mass is 424 g/mol. The van der Waals surface area contributed by atoms with Crippen LogP contribution in [0.25, 0.3) is 0 Å². The number of aliphatic hydroxyl groups is 2. The molecule has 1 radical (unpaired) electrons. The zero-order chi connectivity index (χ0) is 22.3. The quantitative estimate of drug-likeness (QED) is 0.546. The summed E-state index contributed by atoms with van der Waals surface area (Å²) in [5, 5.41) is 37.9. The molecule has 0 spiro atoms. The first-order valence-electron chi connectivity index (χ1n) is 10.0. The average molecular weight is 424 g/mol. The van der Waals surface area contributed by atoms with Gasteiger partial charge in [-0.05, 0) is 46.6 Å². The third-order valence-corrected chi connectivity index (χ3v) is 5.69. The number of hydroxylamine groups is 2. The minimum Gasteiger partial charge on any atom is -0.394 e. The van der Waals surface area contributed by atoms with Crippen LogP contribution in [-0.4, -0.2) is 66.8 Å². The Balaban J connectivity index is 1.62. The number of ether oxygens (including phenoxy) is 1. The predicted molar refractivity (Wildman–Crippen MR) is 106 cm³/mol. The molecule has 2 saturated heterocycles. The number of anilines is 1. The second-order valence-electron chi connectivity index (χ2n) is 9.24. The first-order valence-corrected chi connectivity index (χ1v) is 10.0. The van der Waals surface area contributed by atoms with Gasteiger partial charge in [0.25, 0.3) is 0 Å². The third-order valence-electron chi connectivity index (χ3n) is 5.69. The molecule has 2 aliphatic heterocycles. The van der Waals surface area contributed by atoms with Gasteiger partial charge < -0.3 is 20.3 Å². The molecule has 4 N–H and O–H groups in total. The van der Waals surface area contributed by atoms with Gasteiger partial charge in [-0.1, -0.05) is 0 Å². The number of rotatable bonds is 4. The molecular formula is C19H30N5O6. The van der Waals surface area contributed by atoms with Crippen molar-refractivity contribution < 1.29 is 25.0 Å².